The highest BCUT2D eigenvalue weighted by Crippen LogP contribution is 2.38. The van der Waals surface area contributed by atoms with E-state index in [-0.39, 0.29) is 5.91 Å². The van der Waals surface area contributed by atoms with Crippen LogP contribution in [0.5, 0.6) is 0 Å². The molecule has 2 aromatic carbocycles. The molecule has 1 fully saturated rings. The molecule has 6 heteroatoms. The lowest BCUT2D eigenvalue weighted by Crippen LogP contribution is -2.42. The van der Waals surface area contributed by atoms with Gasteiger partial charge in [-0.3, -0.25) is 14.7 Å². The Bertz CT molecular complexity index is 1450. The third kappa shape index (κ3) is 6.13. The van der Waals surface area contributed by atoms with Crippen LogP contribution in [-0.4, -0.2) is 64.0 Å². The number of amides is 1. The summed E-state index contributed by atoms with van der Waals surface area (Å²) < 4.78 is 0. The minimum absolute atomic E-state index is 0.0536. The maximum atomic E-state index is 12.9. The Morgan fingerprint density at radius 3 is 2.38 bits per heavy atom. The van der Waals surface area contributed by atoms with Gasteiger partial charge in [0.1, 0.15) is 0 Å². The van der Waals surface area contributed by atoms with Crippen LogP contribution >= 0.6 is 0 Å². The zero-order valence-corrected chi connectivity index (χ0v) is 24.4. The summed E-state index contributed by atoms with van der Waals surface area (Å²) in [6, 6.07) is 20.8. The van der Waals surface area contributed by atoms with Gasteiger partial charge in [-0.05, 0) is 92.6 Å². The number of aromatic amines is 1. The lowest BCUT2D eigenvalue weighted by atomic mass is 9.87. The average molecular weight is 539 g/mol. The van der Waals surface area contributed by atoms with Crippen molar-refractivity contribution >= 4 is 16.8 Å². The fourth-order valence-corrected chi connectivity index (χ4v) is 6.17. The van der Waals surface area contributed by atoms with E-state index in [0.717, 1.165) is 42.9 Å². The fraction of sp³-hybridized carbons (Fsp3) is 0.412. The topological polar surface area (TPSA) is 72.5 Å². The molecule has 40 heavy (non-hydrogen) atoms. The van der Waals surface area contributed by atoms with Crippen molar-refractivity contribution < 1.29 is 9.90 Å². The minimum atomic E-state index is -0.674. The molecule has 5 rings (SSSR count). The Hall–Kier alpha value is -3.48. The number of aryl methyl sites for hydroxylation is 2. The van der Waals surface area contributed by atoms with E-state index in [0.29, 0.717) is 24.9 Å². The standard InChI is InChI=1S/C34H42N4O2/c1-22(2)33-29-19-27(11-12-30(29)36-34(33)28-17-23(3)35-24(4)18-28)25-13-15-38(16-14-25)21-32(40)37(5)20-31(39)26-9-7-6-8-10-26/h6-12,17-19,22,25,31,36,39H,13-16,20-21H2,1-5H3. The highest BCUT2D eigenvalue weighted by Gasteiger charge is 2.25. The monoisotopic (exact) mass is 538 g/mol. The fourth-order valence-electron chi connectivity index (χ4n) is 6.17. The number of aliphatic hydroxyl groups excluding tert-OH is 1. The molecule has 1 amide bonds. The van der Waals surface area contributed by atoms with Crippen LogP contribution in [0.4, 0.5) is 0 Å². The van der Waals surface area contributed by atoms with Crippen molar-refractivity contribution in [1.82, 2.24) is 19.8 Å². The number of nitrogens with zero attached hydrogens (tertiary/aromatic N) is 3. The van der Waals surface area contributed by atoms with Gasteiger partial charge >= 0.3 is 0 Å². The third-order valence-electron chi connectivity index (χ3n) is 8.29. The predicted molar refractivity (Wildman–Crippen MR) is 163 cm³/mol. The molecule has 2 aromatic heterocycles. The molecule has 2 N–H and O–H groups in total. The molecule has 1 atom stereocenters. The van der Waals surface area contributed by atoms with Gasteiger partial charge in [-0.1, -0.05) is 50.2 Å². The van der Waals surface area contributed by atoms with Crippen LogP contribution in [0.2, 0.25) is 0 Å². The molecule has 0 saturated carbocycles. The maximum Gasteiger partial charge on any atom is 0.236 e. The third-order valence-corrected chi connectivity index (χ3v) is 8.29. The Kier molecular flexibility index (Phi) is 8.38. The van der Waals surface area contributed by atoms with Gasteiger partial charge in [0.2, 0.25) is 5.91 Å². The quantitative estimate of drug-likeness (QED) is 0.275. The maximum absolute atomic E-state index is 12.9. The summed E-state index contributed by atoms with van der Waals surface area (Å²) in [5.41, 5.74) is 9.23. The summed E-state index contributed by atoms with van der Waals surface area (Å²) in [6.45, 7) is 11.1. The number of nitrogens with one attached hydrogen (secondary N) is 1. The first-order valence-corrected chi connectivity index (χ1v) is 14.5. The first-order valence-electron chi connectivity index (χ1n) is 14.5. The van der Waals surface area contributed by atoms with Gasteiger partial charge in [-0.2, -0.15) is 0 Å². The Morgan fingerprint density at radius 1 is 1.05 bits per heavy atom. The summed E-state index contributed by atoms with van der Waals surface area (Å²) in [4.78, 5) is 25.1. The number of likely N-dealkylation sites (N-methyl/N-ethyl adjacent to an activating group) is 1. The summed E-state index contributed by atoms with van der Waals surface area (Å²) in [5, 5.41) is 11.8. The van der Waals surface area contributed by atoms with E-state index >= 15 is 0 Å². The van der Waals surface area contributed by atoms with Crippen LogP contribution in [0, 0.1) is 13.8 Å². The molecule has 0 radical (unpaired) electrons. The molecule has 1 aliphatic rings. The summed E-state index contributed by atoms with van der Waals surface area (Å²) in [6.07, 6.45) is 1.39. The number of hydrogen-bond donors (Lipinski definition) is 2. The molecular formula is C34H42N4O2. The molecule has 1 unspecified atom stereocenters. The number of H-pyrrole nitrogens is 1. The number of benzene rings is 2. The lowest BCUT2D eigenvalue weighted by Gasteiger charge is -2.33. The van der Waals surface area contributed by atoms with Crippen molar-refractivity contribution in [3.05, 3.63) is 88.7 Å². The highest BCUT2D eigenvalue weighted by molar-refractivity contribution is 5.92. The van der Waals surface area contributed by atoms with Gasteiger partial charge < -0.3 is 15.0 Å². The smallest absolute Gasteiger partial charge is 0.236 e. The van der Waals surface area contributed by atoms with Crippen molar-refractivity contribution in [1.29, 1.82) is 0 Å². The van der Waals surface area contributed by atoms with E-state index in [4.69, 9.17) is 0 Å². The van der Waals surface area contributed by atoms with Crippen LogP contribution in [0.1, 0.15) is 72.7 Å². The molecule has 1 aliphatic heterocycles. The van der Waals surface area contributed by atoms with E-state index in [9.17, 15) is 9.90 Å². The second kappa shape index (κ2) is 11.9. The number of hydrogen-bond acceptors (Lipinski definition) is 4. The SMILES string of the molecule is Cc1cc(-c2[nH]c3ccc(C4CCN(CC(=O)N(C)CC(O)c5ccccc5)CC4)cc3c2C(C)C)cc(C)n1. The molecule has 0 bridgehead atoms. The first kappa shape index (κ1) is 28.1. The number of aliphatic hydroxyl groups is 1. The van der Waals surface area contributed by atoms with Crippen LogP contribution in [-0.2, 0) is 4.79 Å². The predicted octanol–water partition coefficient (Wildman–Crippen LogP) is 6.34. The summed E-state index contributed by atoms with van der Waals surface area (Å²) >= 11 is 0. The van der Waals surface area contributed by atoms with Crippen molar-refractivity contribution in [2.45, 2.75) is 58.5 Å². The zero-order valence-electron chi connectivity index (χ0n) is 24.4. The number of likely N-dealkylation sites (tertiary alicyclic amines) is 1. The second-order valence-corrected chi connectivity index (χ2v) is 11.8. The molecule has 0 aliphatic carbocycles. The zero-order chi connectivity index (χ0) is 28.4. The van der Waals surface area contributed by atoms with Crippen molar-refractivity contribution in [2.75, 3.05) is 33.2 Å². The largest absolute Gasteiger partial charge is 0.387 e. The van der Waals surface area contributed by atoms with Gasteiger partial charge in [0.15, 0.2) is 0 Å². The van der Waals surface area contributed by atoms with E-state index in [1.807, 2.05) is 30.3 Å². The van der Waals surface area contributed by atoms with Gasteiger partial charge in [0, 0.05) is 34.9 Å². The first-order chi connectivity index (χ1) is 19.2. The minimum Gasteiger partial charge on any atom is -0.387 e. The Morgan fingerprint density at radius 2 is 1.73 bits per heavy atom. The van der Waals surface area contributed by atoms with Crippen LogP contribution in [0.15, 0.2) is 60.7 Å². The molecular weight excluding hydrogens is 496 g/mol. The Labute approximate surface area is 238 Å². The number of pyridine rings is 1. The second-order valence-electron chi connectivity index (χ2n) is 11.8. The number of rotatable bonds is 8. The van der Waals surface area contributed by atoms with E-state index < -0.39 is 6.10 Å². The van der Waals surface area contributed by atoms with Crippen LogP contribution in [0.3, 0.4) is 0 Å². The normalized spacial score (nSPS) is 15.6. The van der Waals surface area contributed by atoms with Crippen molar-refractivity contribution in [3.63, 3.8) is 0 Å². The number of carbonyl (C=O) groups is 1. The average Bonchev–Trinajstić information content (AvgIpc) is 3.33. The number of aromatic nitrogens is 2. The highest BCUT2D eigenvalue weighted by atomic mass is 16.3. The lowest BCUT2D eigenvalue weighted by molar-refractivity contribution is -0.132. The van der Waals surface area contributed by atoms with E-state index in [1.165, 1.54) is 33.3 Å². The van der Waals surface area contributed by atoms with Crippen molar-refractivity contribution in [3.8, 4) is 11.3 Å². The van der Waals surface area contributed by atoms with E-state index in [2.05, 4.69) is 72.9 Å². The number of fused-ring (bicyclic) bond motifs is 1. The van der Waals surface area contributed by atoms with Gasteiger partial charge in [0.25, 0.3) is 0 Å². The van der Waals surface area contributed by atoms with Crippen LogP contribution < -0.4 is 0 Å². The van der Waals surface area contributed by atoms with Gasteiger partial charge in [0.05, 0.1) is 24.9 Å². The Balaban J connectivity index is 1.25. The summed E-state index contributed by atoms with van der Waals surface area (Å²) in [7, 11) is 1.78. The van der Waals surface area contributed by atoms with Crippen molar-refractivity contribution in [2.24, 2.45) is 0 Å². The van der Waals surface area contributed by atoms with Crippen LogP contribution in [0.25, 0.3) is 22.2 Å². The molecule has 4 aromatic rings. The molecule has 1 saturated heterocycles. The van der Waals surface area contributed by atoms with Gasteiger partial charge in [-0.15, -0.1) is 0 Å². The molecule has 210 valence electrons. The summed E-state index contributed by atoms with van der Waals surface area (Å²) in [5.74, 6) is 0.924. The molecule has 3 heterocycles. The number of carbonyl (C=O) groups excluding carboxylic acids is 1. The molecule has 0 spiro atoms. The number of piperidine rings is 1. The van der Waals surface area contributed by atoms with Gasteiger partial charge in [-0.25, -0.2) is 0 Å². The van der Waals surface area contributed by atoms with E-state index in [1.54, 1.807) is 11.9 Å². The molecule has 6 nitrogen and oxygen atoms in total.